The summed E-state index contributed by atoms with van der Waals surface area (Å²) in [5, 5.41) is 1.60. The molecular formula is C6H10FN3OS. The van der Waals surface area contributed by atoms with Gasteiger partial charge >= 0.3 is 6.03 Å². The molecule has 1 unspecified atom stereocenters. The molecule has 1 aliphatic rings. The standard InChI is InChI=1S/C6H10FN3OS/c1-10-5(12-2)3(7)4(8)9-6(10)11/h5H,8H2,1-2H3,(H,9,11). The van der Waals surface area contributed by atoms with Crippen LogP contribution in [0.1, 0.15) is 0 Å². The van der Waals surface area contributed by atoms with E-state index in [1.54, 1.807) is 6.26 Å². The van der Waals surface area contributed by atoms with Gasteiger partial charge in [0.1, 0.15) is 11.2 Å². The van der Waals surface area contributed by atoms with Crippen LogP contribution in [0.4, 0.5) is 9.18 Å². The Morgan fingerprint density at radius 1 is 1.75 bits per heavy atom. The van der Waals surface area contributed by atoms with Gasteiger partial charge in [-0.25, -0.2) is 9.18 Å². The van der Waals surface area contributed by atoms with Crippen LogP contribution in [0.5, 0.6) is 0 Å². The number of thioether (sulfide) groups is 1. The number of carbonyl (C=O) groups excluding carboxylic acids is 1. The molecule has 0 spiro atoms. The summed E-state index contributed by atoms with van der Waals surface area (Å²) in [6, 6.07) is -0.381. The molecule has 1 atom stereocenters. The van der Waals surface area contributed by atoms with Crippen LogP contribution in [-0.2, 0) is 0 Å². The topological polar surface area (TPSA) is 58.4 Å². The molecule has 0 saturated heterocycles. The number of carbonyl (C=O) groups is 1. The van der Waals surface area contributed by atoms with Crippen molar-refractivity contribution in [2.24, 2.45) is 5.73 Å². The molecule has 0 bridgehead atoms. The number of hydrogen-bond donors (Lipinski definition) is 2. The van der Waals surface area contributed by atoms with Crippen molar-refractivity contribution in [3.63, 3.8) is 0 Å². The number of nitrogens with one attached hydrogen (secondary N) is 1. The highest BCUT2D eigenvalue weighted by Crippen LogP contribution is 2.24. The molecule has 3 N–H and O–H groups in total. The number of urea groups is 1. The van der Waals surface area contributed by atoms with E-state index in [1.165, 1.54) is 23.7 Å². The van der Waals surface area contributed by atoms with E-state index in [4.69, 9.17) is 5.73 Å². The van der Waals surface area contributed by atoms with Crippen LogP contribution in [0.2, 0.25) is 0 Å². The molecule has 0 fully saturated rings. The van der Waals surface area contributed by atoms with Gasteiger partial charge in [0.15, 0.2) is 5.83 Å². The predicted octanol–water partition coefficient (Wildman–Crippen LogP) is 0.428. The third-order valence-electron chi connectivity index (χ3n) is 1.61. The van der Waals surface area contributed by atoms with Crippen molar-refractivity contribution < 1.29 is 9.18 Å². The van der Waals surface area contributed by atoms with Gasteiger partial charge in [0.2, 0.25) is 0 Å². The lowest BCUT2D eigenvalue weighted by Gasteiger charge is -2.30. The minimum Gasteiger partial charge on any atom is -0.383 e. The van der Waals surface area contributed by atoms with Gasteiger partial charge < -0.3 is 10.6 Å². The van der Waals surface area contributed by atoms with Gasteiger partial charge in [-0.15, -0.1) is 11.8 Å². The molecule has 2 amide bonds. The molecule has 1 rings (SSSR count). The third kappa shape index (κ3) is 1.34. The van der Waals surface area contributed by atoms with Crippen molar-refractivity contribution in [1.29, 1.82) is 0 Å². The second-order valence-electron chi connectivity index (χ2n) is 2.39. The highest BCUT2D eigenvalue weighted by Gasteiger charge is 2.30. The number of likely N-dealkylation sites (N-methyl/N-ethyl adjacent to an activating group) is 1. The first-order valence-corrected chi connectivity index (χ1v) is 4.58. The number of halogens is 1. The van der Waals surface area contributed by atoms with Crippen LogP contribution in [0.3, 0.4) is 0 Å². The van der Waals surface area contributed by atoms with Crippen LogP contribution in [0.25, 0.3) is 0 Å². The lowest BCUT2D eigenvalue weighted by atomic mass is 10.4. The van der Waals surface area contributed by atoms with Gasteiger partial charge in [-0.2, -0.15) is 0 Å². The van der Waals surface area contributed by atoms with Gasteiger partial charge in [-0.05, 0) is 6.26 Å². The molecule has 68 valence electrons. The number of nitrogens with zero attached hydrogens (tertiary/aromatic N) is 1. The lowest BCUT2D eigenvalue weighted by molar-refractivity contribution is 0.201. The molecule has 12 heavy (non-hydrogen) atoms. The molecule has 4 nitrogen and oxygen atoms in total. The lowest BCUT2D eigenvalue weighted by Crippen LogP contribution is -2.49. The SMILES string of the molecule is CSC1C(F)=C(N)NC(=O)N1C. The minimum absolute atomic E-state index is 0.183. The average Bonchev–Trinajstić information content (AvgIpc) is 2.02. The molecule has 0 aromatic carbocycles. The Balaban J connectivity index is 2.95. The van der Waals surface area contributed by atoms with Crippen molar-refractivity contribution in [1.82, 2.24) is 10.2 Å². The molecule has 0 aromatic rings. The number of hydrogen-bond acceptors (Lipinski definition) is 3. The van der Waals surface area contributed by atoms with E-state index in [0.717, 1.165) is 0 Å². The summed E-state index contributed by atoms with van der Waals surface area (Å²) in [4.78, 5) is 12.3. The predicted molar refractivity (Wildman–Crippen MR) is 45.9 cm³/mol. The zero-order valence-corrected chi connectivity index (χ0v) is 7.61. The van der Waals surface area contributed by atoms with Crippen LogP contribution < -0.4 is 11.1 Å². The summed E-state index contributed by atoms with van der Waals surface area (Å²) in [5.74, 6) is -0.679. The largest absolute Gasteiger partial charge is 0.383 e. The maximum atomic E-state index is 13.1. The van der Waals surface area contributed by atoms with E-state index < -0.39 is 11.2 Å². The Kier molecular flexibility index (Phi) is 2.46. The zero-order valence-electron chi connectivity index (χ0n) is 6.80. The van der Waals surface area contributed by atoms with E-state index in [-0.39, 0.29) is 11.9 Å². The fourth-order valence-corrected chi connectivity index (χ4v) is 1.68. The molecule has 0 aliphatic carbocycles. The summed E-state index contributed by atoms with van der Waals surface area (Å²) < 4.78 is 13.1. The normalized spacial score (nSPS) is 24.4. The van der Waals surface area contributed by atoms with Crippen molar-refractivity contribution in [2.45, 2.75) is 5.37 Å². The van der Waals surface area contributed by atoms with Crippen LogP contribution in [0.15, 0.2) is 11.6 Å². The third-order valence-corrected chi connectivity index (χ3v) is 2.58. The van der Waals surface area contributed by atoms with Crippen LogP contribution in [0, 0.1) is 0 Å². The first kappa shape index (κ1) is 9.18. The van der Waals surface area contributed by atoms with E-state index in [1.807, 2.05) is 0 Å². The first-order chi connectivity index (χ1) is 5.57. The van der Waals surface area contributed by atoms with Gasteiger partial charge in [-0.3, -0.25) is 5.32 Å². The Bertz CT molecular complexity index is 243. The number of nitrogens with two attached hydrogens (primary N) is 1. The number of rotatable bonds is 1. The highest BCUT2D eigenvalue weighted by atomic mass is 32.2. The maximum absolute atomic E-state index is 13.1. The van der Waals surface area contributed by atoms with Crippen molar-refractivity contribution in [3.8, 4) is 0 Å². The summed E-state index contributed by atoms with van der Waals surface area (Å²) in [6.07, 6.45) is 1.71. The molecule has 6 heteroatoms. The van der Waals surface area contributed by atoms with E-state index >= 15 is 0 Å². The molecule has 1 heterocycles. The molecule has 0 radical (unpaired) electrons. The average molecular weight is 191 g/mol. The summed E-state index contributed by atoms with van der Waals surface area (Å²) in [5.41, 5.74) is 5.23. The molecular weight excluding hydrogens is 181 g/mol. The van der Waals surface area contributed by atoms with Gasteiger partial charge in [0.05, 0.1) is 0 Å². The minimum atomic E-state index is -0.598. The number of amides is 2. The second kappa shape index (κ2) is 3.22. The molecule has 0 aromatic heterocycles. The summed E-state index contributed by atoms with van der Waals surface area (Å²) >= 11 is 1.22. The van der Waals surface area contributed by atoms with Crippen molar-refractivity contribution in [3.05, 3.63) is 11.6 Å². The van der Waals surface area contributed by atoms with E-state index in [0.29, 0.717) is 0 Å². The maximum Gasteiger partial charge on any atom is 0.324 e. The Labute approximate surface area is 74.0 Å². The smallest absolute Gasteiger partial charge is 0.324 e. The highest BCUT2D eigenvalue weighted by molar-refractivity contribution is 7.99. The Morgan fingerprint density at radius 2 is 2.33 bits per heavy atom. The second-order valence-corrected chi connectivity index (χ2v) is 3.31. The fraction of sp³-hybridized carbons (Fsp3) is 0.500. The van der Waals surface area contributed by atoms with Gasteiger partial charge in [0.25, 0.3) is 0 Å². The molecule has 1 aliphatic heterocycles. The van der Waals surface area contributed by atoms with Crippen molar-refractivity contribution in [2.75, 3.05) is 13.3 Å². The quantitative estimate of drug-likeness (QED) is 0.632. The summed E-state index contributed by atoms with van der Waals surface area (Å²) in [6.45, 7) is 0. The van der Waals surface area contributed by atoms with E-state index in [9.17, 15) is 9.18 Å². The summed E-state index contributed by atoms with van der Waals surface area (Å²) in [7, 11) is 1.52. The monoisotopic (exact) mass is 191 g/mol. The zero-order chi connectivity index (χ0) is 9.30. The Hall–Kier alpha value is -0.910. The fourth-order valence-electron chi connectivity index (χ4n) is 0.934. The van der Waals surface area contributed by atoms with Crippen LogP contribution in [-0.4, -0.2) is 29.6 Å². The first-order valence-electron chi connectivity index (χ1n) is 3.29. The van der Waals surface area contributed by atoms with Crippen molar-refractivity contribution >= 4 is 17.8 Å². The van der Waals surface area contributed by atoms with Crippen LogP contribution >= 0.6 is 11.8 Å². The molecule has 0 saturated carbocycles. The van der Waals surface area contributed by atoms with E-state index in [2.05, 4.69) is 5.32 Å². The van der Waals surface area contributed by atoms with Gasteiger partial charge in [0, 0.05) is 7.05 Å². The Morgan fingerprint density at radius 3 is 2.83 bits per heavy atom. The van der Waals surface area contributed by atoms with Gasteiger partial charge in [-0.1, -0.05) is 0 Å².